The minimum absolute atomic E-state index is 0.0498. The number of benzene rings is 2. The highest BCUT2D eigenvalue weighted by Gasteiger charge is 2.28. The maximum absolute atomic E-state index is 13.1. The highest BCUT2D eigenvalue weighted by atomic mass is 32.2. The summed E-state index contributed by atoms with van der Waals surface area (Å²) < 4.78 is 0. The number of hydrogen-bond donors (Lipinski definition) is 2. The number of aliphatic hydroxyl groups excluding tert-OH is 1. The second kappa shape index (κ2) is 8.60. The molecule has 0 spiro atoms. The summed E-state index contributed by atoms with van der Waals surface area (Å²) in [5.41, 5.74) is 0.935. The Morgan fingerprint density at radius 1 is 1.00 bits per heavy atom. The van der Waals surface area contributed by atoms with Crippen molar-refractivity contribution in [2.75, 3.05) is 5.75 Å². The molecule has 2 rings (SSSR count). The number of thioether (sulfide) groups is 1. The third-order valence-corrected chi connectivity index (χ3v) is 4.63. The van der Waals surface area contributed by atoms with Crippen molar-refractivity contribution >= 4 is 28.6 Å². The lowest BCUT2D eigenvalue weighted by Gasteiger charge is -2.18. The molecule has 0 bridgehead atoms. The van der Waals surface area contributed by atoms with Gasteiger partial charge in [0.05, 0.1) is 5.92 Å². The maximum Gasteiger partial charge on any atom is 0.337 e. The van der Waals surface area contributed by atoms with E-state index >= 15 is 0 Å². The summed E-state index contributed by atoms with van der Waals surface area (Å²) in [5.74, 6) is -2.11. The van der Waals surface area contributed by atoms with Crippen molar-refractivity contribution in [3.63, 3.8) is 0 Å². The van der Waals surface area contributed by atoms with E-state index in [4.69, 9.17) is 5.11 Å². The van der Waals surface area contributed by atoms with Crippen LogP contribution in [0.15, 0.2) is 54.6 Å². The van der Waals surface area contributed by atoms with Crippen LogP contribution in [0.2, 0.25) is 0 Å². The van der Waals surface area contributed by atoms with Gasteiger partial charge in [-0.15, -0.1) is 0 Å². The van der Waals surface area contributed by atoms with Crippen LogP contribution in [0.4, 0.5) is 0 Å². The van der Waals surface area contributed by atoms with Crippen molar-refractivity contribution in [1.29, 1.82) is 0 Å². The predicted molar refractivity (Wildman–Crippen MR) is 95.7 cm³/mol. The number of aliphatic carboxylic acids is 1. The first kappa shape index (κ1) is 18.9. The van der Waals surface area contributed by atoms with Gasteiger partial charge in [0.25, 0.3) is 0 Å². The van der Waals surface area contributed by atoms with Gasteiger partial charge in [-0.25, -0.2) is 4.79 Å². The Kier molecular flexibility index (Phi) is 6.50. The van der Waals surface area contributed by atoms with E-state index < -0.39 is 18.0 Å². The zero-order valence-electron chi connectivity index (χ0n) is 13.6. The SMILES string of the molecule is CC(=O)SCC(C(=O)c1ccccc1C(O)C(=O)O)c1ccccc1. The minimum atomic E-state index is -1.78. The van der Waals surface area contributed by atoms with Gasteiger partial charge in [-0.2, -0.15) is 0 Å². The predicted octanol–water partition coefficient (Wildman–Crippen LogP) is 3.05. The van der Waals surface area contributed by atoms with Crippen LogP contribution < -0.4 is 0 Å². The summed E-state index contributed by atoms with van der Waals surface area (Å²) in [6.07, 6.45) is -1.78. The van der Waals surface area contributed by atoms with Gasteiger partial charge in [-0.3, -0.25) is 9.59 Å². The van der Waals surface area contributed by atoms with E-state index in [1.54, 1.807) is 36.4 Å². The molecule has 0 aromatic heterocycles. The summed E-state index contributed by atoms with van der Waals surface area (Å²) >= 11 is 1.04. The fourth-order valence-corrected chi connectivity index (χ4v) is 3.24. The summed E-state index contributed by atoms with van der Waals surface area (Å²) in [5, 5.41) is 18.8. The first-order valence-electron chi connectivity index (χ1n) is 7.64. The fraction of sp³-hybridized carbons (Fsp3) is 0.211. The largest absolute Gasteiger partial charge is 0.479 e. The highest BCUT2D eigenvalue weighted by Crippen LogP contribution is 2.29. The number of rotatable bonds is 7. The molecule has 0 saturated carbocycles. The van der Waals surface area contributed by atoms with E-state index in [0.717, 1.165) is 17.3 Å². The smallest absolute Gasteiger partial charge is 0.337 e. The summed E-state index contributed by atoms with van der Waals surface area (Å²) in [6, 6.07) is 15.1. The molecule has 0 amide bonds. The molecule has 5 nitrogen and oxygen atoms in total. The molecule has 2 aromatic rings. The van der Waals surface area contributed by atoms with Crippen molar-refractivity contribution in [3.05, 3.63) is 71.3 Å². The zero-order valence-corrected chi connectivity index (χ0v) is 14.4. The second-order valence-electron chi connectivity index (χ2n) is 5.46. The fourth-order valence-electron chi connectivity index (χ4n) is 2.49. The van der Waals surface area contributed by atoms with Gasteiger partial charge in [0.15, 0.2) is 17.0 Å². The van der Waals surface area contributed by atoms with Gasteiger partial charge >= 0.3 is 5.97 Å². The Bertz CT molecular complexity index is 772. The Balaban J connectivity index is 2.43. The van der Waals surface area contributed by atoms with Gasteiger partial charge in [0.2, 0.25) is 0 Å². The van der Waals surface area contributed by atoms with E-state index in [1.807, 2.05) is 6.07 Å². The molecule has 0 aliphatic heterocycles. The van der Waals surface area contributed by atoms with E-state index in [0.29, 0.717) is 0 Å². The third kappa shape index (κ3) is 4.78. The van der Waals surface area contributed by atoms with Gasteiger partial charge in [-0.1, -0.05) is 66.4 Å². The standard InChI is InChI=1S/C19H18O5S/c1-12(20)25-11-16(13-7-3-2-4-8-13)17(21)14-9-5-6-10-15(14)18(22)19(23)24/h2-10,16,18,22H,11H2,1H3,(H,23,24). The van der Waals surface area contributed by atoms with Crippen LogP contribution >= 0.6 is 11.8 Å². The molecule has 2 N–H and O–H groups in total. The molecule has 0 radical (unpaired) electrons. The highest BCUT2D eigenvalue weighted by molar-refractivity contribution is 8.13. The molecule has 2 aromatic carbocycles. The van der Waals surface area contributed by atoms with Crippen LogP contribution in [0.3, 0.4) is 0 Å². The van der Waals surface area contributed by atoms with Gasteiger partial charge < -0.3 is 10.2 Å². The average molecular weight is 358 g/mol. The lowest BCUT2D eigenvalue weighted by Crippen LogP contribution is -2.20. The number of carbonyl (C=O) groups is 3. The molecule has 2 atom stereocenters. The zero-order chi connectivity index (χ0) is 18.4. The Morgan fingerprint density at radius 3 is 2.20 bits per heavy atom. The number of ketones is 1. The lowest BCUT2D eigenvalue weighted by molar-refractivity contribution is -0.147. The molecule has 2 unspecified atom stereocenters. The van der Waals surface area contributed by atoms with Crippen molar-refractivity contribution in [2.24, 2.45) is 0 Å². The topological polar surface area (TPSA) is 91.7 Å². The van der Waals surface area contributed by atoms with Crippen molar-refractivity contribution in [3.8, 4) is 0 Å². The molecule has 0 saturated heterocycles. The molecule has 25 heavy (non-hydrogen) atoms. The molecule has 0 fully saturated rings. The van der Waals surface area contributed by atoms with Crippen molar-refractivity contribution in [1.82, 2.24) is 0 Å². The van der Waals surface area contributed by atoms with Gasteiger partial charge in [0.1, 0.15) is 0 Å². The minimum Gasteiger partial charge on any atom is -0.479 e. The average Bonchev–Trinajstić information content (AvgIpc) is 2.61. The third-order valence-electron chi connectivity index (χ3n) is 3.73. The second-order valence-corrected chi connectivity index (χ2v) is 6.66. The Hall–Kier alpha value is -2.44. The first-order valence-corrected chi connectivity index (χ1v) is 8.62. The molecular weight excluding hydrogens is 340 g/mol. The first-order chi connectivity index (χ1) is 11.9. The normalized spacial score (nSPS) is 13.0. The van der Waals surface area contributed by atoms with Gasteiger partial charge in [-0.05, 0) is 5.56 Å². The molecule has 0 aliphatic carbocycles. The number of aliphatic hydroxyl groups is 1. The molecule has 6 heteroatoms. The Morgan fingerprint density at radius 2 is 1.60 bits per heavy atom. The summed E-state index contributed by atoms with van der Waals surface area (Å²) in [4.78, 5) is 35.5. The number of hydrogen-bond acceptors (Lipinski definition) is 5. The van der Waals surface area contributed by atoms with E-state index in [9.17, 15) is 19.5 Å². The van der Waals surface area contributed by atoms with Crippen LogP contribution in [0.1, 0.15) is 40.4 Å². The van der Waals surface area contributed by atoms with Crippen LogP contribution in [0, 0.1) is 0 Å². The van der Waals surface area contributed by atoms with Gasteiger partial charge in [0, 0.05) is 23.8 Å². The number of Topliss-reactive ketones (excluding diaryl/α,β-unsaturated/α-hetero) is 1. The molecular formula is C19H18O5S. The lowest BCUT2D eigenvalue weighted by atomic mass is 9.88. The van der Waals surface area contributed by atoms with E-state index in [-0.39, 0.29) is 27.8 Å². The van der Waals surface area contributed by atoms with E-state index in [1.165, 1.54) is 19.1 Å². The number of carboxylic acids is 1. The van der Waals surface area contributed by atoms with Crippen molar-refractivity contribution < 1.29 is 24.6 Å². The van der Waals surface area contributed by atoms with Crippen LogP contribution in [0.25, 0.3) is 0 Å². The number of carboxylic acid groups (broad SMARTS) is 1. The van der Waals surface area contributed by atoms with Crippen molar-refractivity contribution in [2.45, 2.75) is 18.9 Å². The Labute approximate surface area is 149 Å². The van der Waals surface area contributed by atoms with Crippen LogP contribution in [-0.4, -0.2) is 32.8 Å². The van der Waals surface area contributed by atoms with Crippen LogP contribution in [0.5, 0.6) is 0 Å². The monoisotopic (exact) mass is 358 g/mol. The number of carbonyl (C=O) groups excluding carboxylic acids is 2. The summed E-state index contributed by atoms with van der Waals surface area (Å²) in [7, 11) is 0. The molecule has 130 valence electrons. The quantitative estimate of drug-likeness (QED) is 0.739. The summed E-state index contributed by atoms with van der Waals surface area (Å²) in [6.45, 7) is 1.43. The van der Waals surface area contributed by atoms with Crippen LogP contribution in [-0.2, 0) is 9.59 Å². The maximum atomic E-state index is 13.1. The van der Waals surface area contributed by atoms with E-state index in [2.05, 4.69) is 0 Å². The molecule has 0 heterocycles. The molecule has 0 aliphatic rings.